The Morgan fingerprint density at radius 2 is 1.95 bits per heavy atom. The fourth-order valence-electron chi connectivity index (χ4n) is 1.33. The van der Waals surface area contributed by atoms with E-state index in [-0.39, 0.29) is 15.0 Å². The second-order valence-corrected chi connectivity index (χ2v) is 8.25. The Balaban J connectivity index is 0.000000191. The molecule has 0 amide bonds. The Labute approximate surface area is 124 Å². The van der Waals surface area contributed by atoms with Gasteiger partial charge in [-0.15, -0.1) is 0 Å². The normalized spacial score (nSPS) is 17.1. The fourth-order valence-corrected chi connectivity index (χ4v) is 2.96. The number of hydrogen-bond donors (Lipinski definition) is 1. The summed E-state index contributed by atoms with van der Waals surface area (Å²) in [5.74, 6) is -0.523. The van der Waals surface area contributed by atoms with E-state index < -0.39 is 16.8 Å². The predicted molar refractivity (Wildman–Crippen MR) is 79.9 cm³/mol. The summed E-state index contributed by atoms with van der Waals surface area (Å²) in [5, 5.41) is 8.81. The first-order valence-corrected chi connectivity index (χ1v) is 7.93. The highest BCUT2D eigenvalue weighted by Gasteiger charge is 2.29. The Morgan fingerprint density at radius 1 is 1.37 bits per heavy atom. The average Bonchev–Trinajstić information content (AvgIpc) is 2.23. The zero-order chi connectivity index (χ0) is 14.6. The second kappa shape index (κ2) is 6.81. The summed E-state index contributed by atoms with van der Waals surface area (Å²) in [5.41, 5.74) is 0. The van der Waals surface area contributed by atoms with Gasteiger partial charge in [0.25, 0.3) is 0 Å². The lowest BCUT2D eigenvalue weighted by Crippen LogP contribution is -2.45. The van der Waals surface area contributed by atoms with Crippen molar-refractivity contribution in [3.05, 3.63) is 28.5 Å². The van der Waals surface area contributed by atoms with Crippen LogP contribution in [0.15, 0.2) is 22.7 Å². The van der Waals surface area contributed by atoms with Crippen LogP contribution in [-0.2, 0) is 11.0 Å². The summed E-state index contributed by atoms with van der Waals surface area (Å²) in [6, 6.07) is 4.12. The molecule has 0 aliphatic carbocycles. The van der Waals surface area contributed by atoms with Crippen LogP contribution < -0.4 is 0 Å². The molecular weight excluding hydrogens is 333 g/mol. The summed E-state index contributed by atoms with van der Waals surface area (Å²) >= 11 is 2.85. The molecule has 0 saturated carbocycles. The van der Waals surface area contributed by atoms with Gasteiger partial charge >= 0.3 is 0 Å². The molecule has 1 aromatic rings. The summed E-state index contributed by atoms with van der Waals surface area (Å²) < 4.78 is 25.9. The van der Waals surface area contributed by atoms with Crippen LogP contribution in [0.1, 0.15) is 27.2 Å². The lowest BCUT2D eigenvalue weighted by atomic mass is 10.3. The molecule has 3 nitrogen and oxygen atoms in total. The number of benzene rings is 1. The Kier molecular flexibility index (Phi) is 5.95. The zero-order valence-electron chi connectivity index (χ0n) is 11.3. The largest absolute Gasteiger partial charge is 0.507 e. The molecule has 0 spiro atoms. The third-order valence-corrected chi connectivity index (χ3v) is 5.17. The number of aromatic hydroxyl groups is 1. The topological polar surface area (TPSA) is 40.5 Å². The average molecular weight is 352 g/mol. The summed E-state index contributed by atoms with van der Waals surface area (Å²) in [6.45, 7) is 8.08. The van der Waals surface area contributed by atoms with Crippen LogP contribution in [0.3, 0.4) is 0 Å². The van der Waals surface area contributed by atoms with Crippen molar-refractivity contribution in [1.29, 1.82) is 0 Å². The molecule has 1 N–H and O–H groups in total. The minimum absolute atomic E-state index is 0.0690. The molecule has 1 aliphatic heterocycles. The van der Waals surface area contributed by atoms with Crippen LogP contribution in [0.4, 0.5) is 4.39 Å². The zero-order valence-corrected chi connectivity index (χ0v) is 13.7. The van der Waals surface area contributed by atoms with Crippen LogP contribution in [0.25, 0.3) is 0 Å². The summed E-state index contributed by atoms with van der Waals surface area (Å²) in [6.07, 6.45) is 1.21. The minimum atomic E-state index is -0.762. The maximum absolute atomic E-state index is 12.4. The van der Waals surface area contributed by atoms with Gasteiger partial charge in [-0.2, -0.15) is 0 Å². The standard InChI is InChI=1S/C7H15NOS.C6H4BrFO/c1-7(2,3)10(9)8-5-4-6-8;7-6-4(8)2-1-3-5(6)9/h4-6H2,1-3H3;1-3,9H. The number of halogens is 2. The number of hydrogen-bond acceptors (Lipinski definition) is 2. The minimum Gasteiger partial charge on any atom is -0.507 e. The van der Waals surface area contributed by atoms with Crippen LogP contribution in [-0.4, -0.2) is 31.5 Å². The smallest absolute Gasteiger partial charge is 0.141 e. The lowest BCUT2D eigenvalue weighted by molar-refractivity contribution is 0.321. The Hall–Kier alpha value is -0.460. The number of rotatable bonds is 1. The van der Waals surface area contributed by atoms with Gasteiger partial charge in [-0.3, -0.25) is 0 Å². The van der Waals surface area contributed by atoms with Crippen molar-refractivity contribution in [3.63, 3.8) is 0 Å². The van der Waals surface area contributed by atoms with Gasteiger partial charge in [0.05, 0.1) is 20.2 Å². The van der Waals surface area contributed by atoms with Crippen LogP contribution in [0.2, 0.25) is 0 Å². The molecule has 0 aromatic heterocycles. The molecule has 1 aromatic carbocycles. The van der Waals surface area contributed by atoms with Crippen molar-refractivity contribution >= 4 is 26.9 Å². The Bertz CT molecular complexity index is 438. The monoisotopic (exact) mass is 351 g/mol. The first-order valence-electron chi connectivity index (χ1n) is 6.03. The van der Waals surface area contributed by atoms with Crippen molar-refractivity contribution in [2.75, 3.05) is 13.1 Å². The van der Waals surface area contributed by atoms with Gasteiger partial charge < -0.3 is 5.11 Å². The van der Waals surface area contributed by atoms with Crippen LogP contribution in [0.5, 0.6) is 5.75 Å². The van der Waals surface area contributed by atoms with Crippen molar-refractivity contribution in [2.45, 2.75) is 31.9 Å². The van der Waals surface area contributed by atoms with Crippen molar-refractivity contribution < 1.29 is 13.7 Å². The highest BCUT2D eigenvalue weighted by atomic mass is 79.9. The van der Waals surface area contributed by atoms with Gasteiger partial charge in [0, 0.05) is 13.1 Å². The van der Waals surface area contributed by atoms with Gasteiger partial charge in [-0.25, -0.2) is 12.9 Å². The van der Waals surface area contributed by atoms with E-state index in [9.17, 15) is 8.60 Å². The molecule has 19 heavy (non-hydrogen) atoms. The van der Waals surface area contributed by atoms with E-state index in [0.29, 0.717) is 0 Å². The highest BCUT2D eigenvalue weighted by Crippen LogP contribution is 2.25. The molecular formula is C13H19BrFNO2S. The molecule has 1 heterocycles. The first kappa shape index (κ1) is 16.6. The van der Waals surface area contributed by atoms with E-state index in [1.165, 1.54) is 24.6 Å². The Morgan fingerprint density at radius 3 is 2.21 bits per heavy atom. The highest BCUT2D eigenvalue weighted by molar-refractivity contribution is 9.10. The van der Waals surface area contributed by atoms with E-state index in [1.807, 2.05) is 25.1 Å². The predicted octanol–water partition coefficient (Wildman–Crippen LogP) is 3.45. The van der Waals surface area contributed by atoms with E-state index in [1.54, 1.807) is 0 Å². The van der Waals surface area contributed by atoms with Crippen molar-refractivity contribution in [2.24, 2.45) is 0 Å². The SMILES string of the molecule is CC(C)(C)S(=O)N1CCC1.Oc1cccc(F)c1Br. The third-order valence-electron chi connectivity index (χ3n) is 2.50. The van der Waals surface area contributed by atoms with E-state index in [2.05, 4.69) is 15.9 Å². The van der Waals surface area contributed by atoms with E-state index >= 15 is 0 Å². The molecule has 1 atom stereocenters. The van der Waals surface area contributed by atoms with Gasteiger partial charge in [0.1, 0.15) is 11.6 Å². The van der Waals surface area contributed by atoms with Gasteiger partial charge in [-0.1, -0.05) is 6.07 Å². The summed E-state index contributed by atoms with van der Waals surface area (Å²) in [7, 11) is -0.762. The molecule has 1 saturated heterocycles. The number of phenolic OH excluding ortho intramolecular Hbond substituents is 1. The lowest BCUT2D eigenvalue weighted by Gasteiger charge is -2.34. The van der Waals surface area contributed by atoms with Gasteiger partial charge in [0.2, 0.25) is 0 Å². The number of nitrogens with zero attached hydrogens (tertiary/aromatic N) is 1. The van der Waals surface area contributed by atoms with Crippen molar-refractivity contribution in [3.8, 4) is 5.75 Å². The molecule has 1 unspecified atom stereocenters. The van der Waals surface area contributed by atoms with Gasteiger partial charge in [-0.05, 0) is 55.3 Å². The molecule has 1 fully saturated rings. The second-order valence-electron chi connectivity index (χ2n) is 5.22. The summed E-state index contributed by atoms with van der Waals surface area (Å²) in [4.78, 5) is 0. The maximum Gasteiger partial charge on any atom is 0.141 e. The van der Waals surface area contributed by atoms with E-state index in [4.69, 9.17) is 5.11 Å². The first-order chi connectivity index (χ1) is 8.73. The van der Waals surface area contributed by atoms with E-state index in [0.717, 1.165) is 13.1 Å². The molecule has 0 bridgehead atoms. The maximum atomic E-state index is 12.4. The van der Waals surface area contributed by atoms with Gasteiger partial charge in [0.15, 0.2) is 0 Å². The molecule has 6 heteroatoms. The number of phenols is 1. The van der Waals surface area contributed by atoms with Crippen molar-refractivity contribution in [1.82, 2.24) is 4.31 Å². The third kappa shape index (κ3) is 4.85. The van der Waals surface area contributed by atoms with Crippen LogP contribution in [0, 0.1) is 5.82 Å². The van der Waals surface area contributed by atoms with Crippen LogP contribution >= 0.6 is 15.9 Å². The molecule has 108 valence electrons. The quantitative estimate of drug-likeness (QED) is 0.841. The molecule has 2 rings (SSSR count). The fraction of sp³-hybridized carbons (Fsp3) is 0.538. The molecule has 1 aliphatic rings. The molecule has 0 radical (unpaired) electrons.